The Labute approximate surface area is 212 Å². The minimum atomic E-state index is -4.28. The molecule has 1 saturated heterocycles. The van der Waals surface area contributed by atoms with Gasteiger partial charge < -0.3 is 0 Å². The van der Waals surface area contributed by atoms with Gasteiger partial charge in [0.1, 0.15) is 0 Å². The maximum Gasteiger partial charge on any atom is 0.416 e. The standard InChI is InChI=1S/C31H43F3Si/c1-2-3-4-21-35-22-19-25(20-23-35)6-5-24-7-9-26(10-8-24)27-11-13-28(14-12-27)29-15-17-30(18-16-29)31(32,33)34/h11-18,24-26,35H,2-10,19-23H2,1H3. The summed E-state index contributed by atoms with van der Waals surface area (Å²) < 4.78 is 38.4. The van der Waals surface area contributed by atoms with Crippen molar-refractivity contribution in [1.82, 2.24) is 0 Å². The molecule has 1 aliphatic heterocycles. The molecule has 2 aromatic rings. The summed E-state index contributed by atoms with van der Waals surface area (Å²) in [6.07, 6.45) is 11.3. The number of hydrogen-bond donors (Lipinski definition) is 0. The highest BCUT2D eigenvalue weighted by Gasteiger charge is 2.30. The summed E-state index contributed by atoms with van der Waals surface area (Å²) >= 11 is 0. The van der Waals surface area contributed by atoms with Crippen molar-refractivity contribution in [2.45, 2.75) is 108 Å². The fourth-order valence-corrected chi connectivity index (χ4v) is 10.2. The predicted molar refractivity (Wildman–Crippen MR) is 145 cm³/mol. The summed E-state index contributed by atoms with van der Waals surface area (Å²) in [6, 6.07) is 18.9. The minimum Gasteiger partial charge on any atom is -0.166 e. The van der Waals surface area contributed by atoms with E-state index in [0.29, 0.717) is 5.92 Å². The van der Waals surface area contributed by atoms with Crippen LogP contribution in [-0.2, 0) is 6.18 Å². The van der Waals surface area contributed by atoms with Crippen LogP contribution < -0.4 is 0 Å². The van der Waals surface area contributed by atoms with Crippen LogP contribution in [0.3, 0.4) is 0 Å². The van der Waals surface area contributed by atoms with Crippen LogP contribution in [-0.4, -0.2) is 8.80 Å². The van der Waals surface area contributed by atoms with Gasteiger partial charge in [-0.25, -0.2) is 0 Å². The molecule has 0 unspecified atom stereocenters. The van der Waals surface area contributed by atoms with E-state index < -0.39 is 11.7 Å². The molecule has 0 radical (unpaired) electrons. The molecule has 0 amide bonds. The lowest BCUT2D eigenvalue weighted by molar-refractivity contribution is -0.137. The average Bonchev–Trinajstić information content (AvgIpc) is 2.88. The molecule has 2 aliphatic rings. The monoisotopic (exact) mass is 500 g/mol. The van der Waals surface area contributed by atoms with Gasteiger partial charge in [0.05, 0.1) is 5.56 Å². The van der Waals surface area contributed by atoms with Crippen LogP contribution in [0, 0.1) is 11.8 Å². The minimum absolute atomic E-state index is 0.377. The van der Waals surface area contributed by atoms with Gasteiger partial charge in [-0.05, 0) is 72.3 Å². The molecule has 0 bridgehead atoms. The van der Waals surface area contributed by atoms with E-state index in [1.807, 2.05) is 0 Å². The van der Waals surface area contributed by atoms with Gasteiger partial charge in [-0.2, -0.15) is 13.2 Å². The van der Waals surface area contributed by atoms with E-state index in [0.717, 1.165) is 23.0 Å². The Balaban J connectivity index is 1.18. The van der Waals surface area contributed by atoms with Gasteiger partial charge in [-0.15, -0.1) is 0 Å². The van der Waals surface area contributed by atoms with Gasteiger partial charge >= 0.3 is 6.18 Å². The summed E-state index contributed by atoms with van der Waals surface area (Å²) in [5.74, 6) is 2.56. The summed E-state index contributed by atoms with van der Waals surface area (Å²) in [7, 11) is -0.377. The van der Waals surface area contributed by atoms with E-state index >= 15 is 0 Å². The number of halogens is 3. The Kier molecular flexibility index (Phi) is 9.55. The molecular weight excluding hydrogens is 457 g/mol. The number of rotatable bonds is 9. The van der Waals surface area contributed by atoms with Gasteiger partial charge in [0.25, 0.3) is 0 Å². The molecule has 1 aliphatic carbocycles. The van der Waals surface area contributed by atoms with Crippen molar-refractivity contribution in [3.63, 3.8) is 0 Å². The summed E-state index contributed by atoms with van der Waals surface area (Å²) in [5, 5.41) is 0. The summed E-state index contributed by atoms with van der Waals surface area (Å²) in [5.41, 5.74) is 2.63. The van der Waals surface area contributed by atoms with Crippen molar-refractivity contribution in [2.75, 3.05) is 0 Å². The molecule has 4 heteroatoms. The zero-order valence-electron chi connectivity index (χ0n) is 21.5. The molecule has 0 nitrogen and oxygen atoms in total. The van der Waals surface area contributed by atoms with E-state index in [1.165, 1.54) is 88.3 Å². The lowest BCUT2D eigenvalue weighted by atomic mass is 9.76. The molecular formula is C31H43F3Si. The van der Waals surface area contributed by atoms with Gasteiger partial charge in [-0.1, -0.05) is 106 Å². The number of benzene rings is 2. The molecule has 192 valence electrons. The summed E-state index contributed by atoms with van der Waals surface area (Å²) in [4.78, 5) is 0. The van der Waals surface area contributed by atoms with Gasteiger partial charge in [-0.3, -0.25) is 0 Å². The SMILES string of the molecule is CCCCC[SiH]1CCC(CCC2CCC(c3ccc(-c4ccc(C(F)(F)F)cc4)cc3)CC2)CC1. The van der Waals surface area contributed by atoms with Crippen LogP contribution in [0.4, 0.5) is 13.2 Å². The van der Waals surface area contributed by atoms with Crippen molar-refractivity contribution in [2.24, 2.45) is 11.8 Å². The van der Waals surface area contributed by atoms with E-state index in [2.05, 4.69) is 31.2 Å². The lowest BCUT2D eigenvalue weighted by Crippen LogP contribution is -2.22. The maximum absolute atomic E-state index is 12.8. The first kappa shape index (κ1) is 26.5. The highest BCUT2D eigenvalue weighted by Crippen LogP contribution is 2.40. The number of hydrogen-bond acceptors (Lipinski definition) is 0. The Morgan fingerprint density at radius 1 is 0.714 bits per heavy atom. The highest BCUT2D eigenvalue weighted by atomic mass is 28.3. The zero-order chi connectivity index (χ0) is 24.7. The number of unbranched alkanes of at least 4 members (excludes halogenated alkanes) is 2. The third-order valence-corrected chi connectivity index (χ3v) is 12.5. The molecule has 2 aromatic carbocycles. The zero-order valence-corrected chi connectivity index (χ0v) is 22.6. The van der Waals surface area contributed by atoms with E-state index in [-0.39, 0.29) is 8.80 Å². The molecule has 0 atom stereocenters. The van der Waals surface area contributed by atoms with Crippen LogP contribution in [0.2, 0.25) is 18.1 Å². The largest absolute Gasteiger partial charge is 0.416 e. The van der Waals surface area contributed by atoms with E-state index in [4.69, 9.17) is 0 Å². The molecule has 4 rings (SSSR count). The second-order valence-corrected chi connectivity index (χ2v) is 14.8. The first-order valence-electron chi connectivity index (χ1n) is 14.2. The fraction of sp³-hybridized carbons (Fsp3) is 0.613. The normalized spacial score (nSPS) is 25.5. The van der Waals surface area contributed by atoms with Crippen LogP contribution in [0.5, 0.6) is 0 Å². The lowest BCUT2D eigenvalue weighted by Gasteiger charge is -2.32. The summed E-state index contributed by atoms with van der Waals surface area (Å²) in [6.45, 7) is 2.31. The molecule has 1 heterocycles. The second kappa shape index (κ2) is 12.6. The van der Waals surface area contributed by atoms with Crippen molar-refractivity contribution in [3.8, 4) is 11.1 Å². The van der Waals surface area contributed by atoms with E-state index in [9.17, 15) is 13.2 Å². The van der Waals surface area contributed by atoms with Crippen LogP contribution in [0.1, 0.15) is 94.6 Å². The van der Waals surface area contributed by atoms with Crippen molar-refractivity contribution >= 4 is 8.80 Å². The first-order valence-corrected chi connectivity index (χ1v) is 16.6. The Morgan fingerprint density at radius 2 is 1.26 bits per heavy atom. The Bertz CT molecular complexity index is 871. The third-order valence-electron chi connectivity index (χ3n) is 8.94. The fourth-order valence-electron chi connectivity index (χ4n) is 6.55. The molecule has 0 spiro atoms. The van der Waals surface area contributed by atoms with Crippen LogP contribution in [0.25, 0.3) is 11.1 Å². The topological polar surface area (TPSA) is 0 Å². The highest BCUT2D eigenvalue weighted by molar-refractivity contribution is 6.58. The first-order chi connectivity index (χ1) is 16.9. The molecule has 0 N–H and O–H groups in total. The van der Waals surface area contributed by atoms with Crippen LogP contribution in [0.15, 0.2) is 48.5 Å². The van der Waals surface area contributed by atoms with Gasteiger partial charge in [0, 0.05) is 8.80 Å². The second-order valence-electron chi connectivity index (χ2n) is 11.4. The van der Waals surface area contributed by atoms with Gasteiger partial charge in [0.2, 0.25) is 0 Å². The molecule has 35 heavy (non-hydrogen) atoms. The predicted octanol–water partition coefficient (Wildman–Crippen LogP) is 10.3. The van der Waals surface area contributed by atoms with Crippen molar-refractivity contribution < 1.29 is 13.2 Å². The third kappa shape index (κ3) is 7.71. The number of alkyl halides is 3. The smallest absolute Gasteiger partial charge is 0.166 e. The van der Waals surface area contributed by atoms with Crippen molar-refractivity contribution in [1.29, 1.82) is 0 Å². The molecule has 2 fully saturated rings. The van der Waals surface area contributed by atoms with Gasteiger partial charge in [0.15, 0.2) is 0 Å². The van der Waals surface area contributed by atoms with E-state index in [1.54, 1.807) is 30.3 Å². The van der Waals surface area contributed by atoms with Crippen molar-refractivity contribution in [3.05, 3.63) is 59.7 Å². The Morgan fingerprint density at radius 3 is 1.80 bits per heavy atom. The Hall–Kier alpha value is -1.55. The molecule has 1 saturated carbocycles. The quantitative estimate of drug-likeness (QED) is 0.237. The van der Waals surface area contributed by atoms with Crippen LogP contribution >= 0.6 is 0 Å². The average molecular weight is 501 g/mol. The molecule has 0 aromatic heterocycles. The maximum atomic E-state index is 12.8.